The second-order valence-electron chi connectivity index (χ2n) is 8.19. The molecule has 0 amide bonds. The summed E-state index contributed by atoms with van der Waals surface area (Å²) in [5.74, 6) is 1.19. The second kappa shape index (κ2) is 7.16. The molecule has 2 aliphatic rings. The number of anilines is 1. The van der Waals surface area contributed by atoms with Gasteiger partial charge in [0.25, 0.3) is 0 Å². The molecule has 1 unspecified atom stereocenters. The molecule has 0 aliphatic carbocycles. The number of hydrogen-bond donors (Lipinski definition) is 0. The highest BCUT2D eigenvalue weighted by atomic mass is 19.1. The van der Waals surface area contributed by atoms with Crippen molar-refractivity contribution in [3.8, 4) is 0 Å². The van der Waals surface area contributed by atoms with Crippen molar-refractivity contribution in [2.75, 3.05) is 58.9 Å². The van der Waals surface area contributed by atoms with Gasteiger partial charge in [0.1, 0.15) is 6.67 Å². The fourth-order valence-corrected chi connectivity index (χ4v) is 4.60. The minimum Gasteiger partial charge on any atom is -0.347 e. The van der Waals surface area contributed by atoms with E-state index in [0.717, 1.165) is 50.1 Å². The predicted molar refractivity (Wildman–Crippen MR) is 103 cm³/mol. The van der Waals surface area contributed by atoms with Crippen LogP contribution in [0.5, 0.6) is 0 Å². The zero-order chi connectivity index (χ0) is 19.0. The van der Waals surface area contributed by atoms with E-state index >= 15 is 0 Å². The molecular weight excluding hydrogens is 345 g/mol. The van der Waals surface area contributed by atoms with Gasteiger partial charge in [-0.3, -0.25) is 9.58 Å². The molecule has 4 heterocycles. The molecule has 2 fully saturated rings. The van der Waals surface area contributed by atoms with Gasteiger partial charge in [-0.2, -0.15) is 5.10 Å². The van der Waals surface area contributed by atoms with Crippen molar-refractivity contribution < 1.29 is 4.39 Å². The average Bonchev–Trinajstić information content (AvgIpc) is 3.19. The summed E-state index contributed by atoms with van der Waals surface area (Å²) in [5, 5.41) is 4.46. The van der Waals surface area contributed by atoms with Crippen LogP contribution >= 0.6 is 0 Å². The van der Waals surface area contributed by atoms with Crippen LogP contribution < -0.4 is 4.90 Å². The molecule has 0 aromatic carbocycles. The normalized spacial score (nSPS) is 22.3. The van der Waals surface area contributed by atoms with E-state index in [1.165, 1.54) is 0 Å². The molecule has 2 aliphatic heterocycles. The van der Waals surface area contributed by atoms with Crippen LogP contribution in [0.4, 0.5) is 10.3 Å². The van der Waals surface area contributed by atoms with Crippen molar-refractivity contribution in [2.45, 2.75) is 19.0 Å². The molecule has 8 heteroatoms. The van der Waals surface area contributed by atoms with Crippen LogP contribution in [0, 0.1) is 5.41 Å². The van der Waals surface area contributed by atoms with Gasteiger partial charge in [0.15, 0.2) is 0 Å². The molecule has 0 N–H and O–H groups in total. The molecule has 1 atom stereocenters. The van der Waals surface area contributed by atoms with Crippen LogP contribution in [-0.2, 0) is 13.1 Å². The number of alkyl halides is 1. The Morgan fingerprint density at radius 3 is 2.81 bits per heavy atom. The molecule has 4 rings (SSSR count). The largest absolute Gasteiger partial charge is 0.347 e. The third-order valence-electron chi connectivity index (χ3n) is 5.71. The summed E-state index contributed by atoms with van der Waals surface area (Å²) in [6.07, 6.45) is 3.73. The monoisotopic (exact) mass is 373 g/mol. The Morgan fingerprint density at radius 2 is 2.07 bits per heavy atom. The first-order valence-electron chi connectivity index (χ1n) is 9.48. The lowest BCUT2D eigenvalue weighted by atomic mass is 9.70. The third-order valence-corrected chi connectivity index (χ3v) is 5.71. The van der Waals surface area contributed by atoms with Crippen molar-refractivity contribution in [2.24, 2.45) is 5.41 Å². The first-order chi connectivity index (χ1) is 13.0. The van der Waals surface area contributed by atoms with E-state index in [1.54, 1.807) is 4.68 Å². The number of likely N-dealkylation sites (tertiary alicyclic amines) is 2. The topological polar surface area (TPSA) is 53.3 Å². The van der Waals surface area contributed by atoms with Crippen molar-refractivity contribution in [3.63, 3.8) is 0 Å². The number of hydrogen-bond acceptors (Lipinski definition) is 6. The van der Waals surface area contributed by atoms with Gasteiger partial charge >= 0.3 is 0 Å². The Labute approximate surface area is 159 Å². The van der Waals surface area contributed by atoms with Gasteiger partial charge in [0.2, 0.25) is 5.95 Å². The van der Waals surface area contributed by atoms with E-state index in [2.05, 4.69) is 33.0 Å². The maximum atomic E-state index is 12.5. The zero-order valence-corrected chi connectivity index (χ0v) is 16.3. The second-order valence-corrected chi connectivity index (χ2v) is 8.19. The number of aromatic nitrogens is 4. The van der Waals surface area contributed by atoms with Crippen molar-refractivity contribution in [1.29, 1.82) is 0 Å². The number of aryl methyl sites for hydroxylation is 1. The van der Waals surface area contributed by atoms with Crippen molar-refractivity contribution >= 4 is 5.95 Å². The summed E-state index contributed by atoms with van der Waals surface area (Å²) in [5.41, 5.74) is 2.40. The SMILES string of the molecule is CN1CC(c2ccnc(N(C)C)n2)C2(C1)CN(Cc1ccn(CCF)n1)C2. The highest BCUT2D eigenvalue weighted by molar-refractivity contribution is 5.31. The van der Waals surface area contributed by atoms with E-state index in [0.29, 0.717) is 12.5 Å². The number of nitrogens with zero attached hydrogens (tertiary/aromatic N) is 7. The fourth-order valence-electron chi connectivity index (χ4n) is 4.60. The van der Waals surface area contributed by atoms with Gasteiger partial charge in [0.05, 0.1) is 17.9 Å². The van der Waals surface area contributed by atoms with Gasteiger partial charge in [-0.05, 0) is 19.2 Å². The fraction of sp³-hybridized carbons (Fsp3) is 0.632. The van der Waals surface area contributed by atoms with Crippen LogP contribution in [-0.4, -0.2) is 83.5 Å². The van der Waals surface area contributed by atoms with Crippen molar-refractivity contribution in [1.82, 2.24) is 29.5 Å². The molecule has 146 valence electrons. The lowest BCUT2D eigenvalue weighted by Crippen LogP contribution is -2.59. The summed E-state index contributed by atoms with van der Waals surface area (Å²) in [4.78, 5) is 16.0. The van der Waals surface area contributed by atoms with E-state index in [4.69, 9.17) is 4.98 Å². The quantitative estimate of drug-likeness (QED) is 0.759. The van der Waals surface area contributed by atoms with Crippen LogP contribution in [0.1, 0.15) is 17.3 Å². The maximum Gasteiger partial charge on any atom is 0.224 e. The van der Waals surface area contributed by atoms with Gasteiger partial charge in [-0.15, -0.1) is 0 Å². The standard InChI is InChI=1S/C19H28FN7/c1-24(2)18-21-7-4-17(22-18)16-11-25(3)12-19(16)13-26(14-19)10-15-5-8-27(23-15)9-6-20/h4-5,7-8,16H,6,9-14H2,1-3H3. The Balaban J connectivity index is 1.45. The molecule has 0 bridgehead atoms. The van der Waals surface area contributed by atoms with Crippen LogP contribution in [0.2, 0.25) is 0 Å². The summed E-state index contributed by atoms with van der Waals surface area (Å²) < 4.78 is 14.1. The molecule has 0 saturated carbocycles. The Morgan fingerprint density at radius 1 is 1.26 bits per heavy atom. The lowest BCUT2D eigenvalue weighted by molar-refractivity contribution is -0.00958. The summed E-state index contributed by atoms with van der Waals surface area (Å²) >= 11 is 0. The number of halogens is 1. The molecule has 27 heavy (non-hydrogen) atoms. The van der Waals surface area contributed by atoms with Crippen LogP contribution in [0.15, 0.2) is 24.5 Å². The van der Waals surface area contributed by atoms with Gasteiger partial charge in [-0.1, -0.05) is 0 Å². The molecule has 0 radical (unpaired) electrons. The third kappa shape index (κ3) is 3.55. The molecule has 2 aromatic rings. The van der Waals surface area contributed by atoms with E-state index in [1.807, 2.05) is 37.5 Å². The Kier molecular flexibility index (Phi) is 4.86. The molecule has 2 saturated heterocycles. The van der Waals surface area contributed by atoms with Gasteiger partial charge in [-0.25, -0.2) is 14.4 Å². The minimum absolute atomic E-state index is 0.244. The van der Waals surface area contributed by atoms with E-state index < -0.39 is 0 Å². The van der Waals surface area contributed by atoms with Crippen LogP contribution in [0.3, 0.4) is 0 Å². The first-order valence-corrected chi connectivity index (χ1v) is 9.48. The number of likely N-dealkylation sites (N-methyl/N-ethyl adjacent to an activating group) is 1. The first kappa shape index (κ1) is 18.3. The summed E-state index contributed by atoms with van der Waals surface area (Å²) in [6, 6.07) is 4.06. The maximum absolute atomic E-state index is 12.5. The number of rotatable bonds is 6. The summed E-state index contributed by atoms with van der Waals surface area (Å²) in [7, 11) is 6.14. The lowest BCUT2D eigenvalue weighted by Gasteiger charge is -2.51. The Bertz CT molecular complexity index is 784. The van der Waals surface area contributed by atoms with Gasteiger partial charge in [0, 0.05) is 70.5 Å². The van der Waals surface area contributed by atoms with E-state index in [-0.39, 0.29) is 12.1 Å². The smallest absolute Gasteiger partial charge is 0.224 e. The van der Waals surface area contributed by atoms with Gasteiger partial charge < -0.3 is 9.80 Å². The Hall–Kier alpha value is -2.06. The minimum atomic E-state index is -0.379. The zero-order valence-electron chi connectivity index (χ0n) is 16.3. The highest BCUT2D eigenvalue weighted by Gasteiger charge is 2.54. The molecule has 2 aromatic heterocycles. The van der Waals surface area contributed by atoms with E-state index in [9.17, 15) is 4.39 Å². The summed E-state index contributed by atoms with van der Waals surface area (Å²) in [6.45, 7) is 4.98. The highest BCUT2D eigenvalue weighted by Crippen LogP contribution is 2.48. The molecular formula is C19H28FN7. The van der Waals surface area contributed by atoms with Crippen molar-refractivity contribution in [3.05, 3.63) is 35.9 Å². The molecule has 7 nitrogen and oxygen atoms in total. The average molecular weight is 373 g/mol. The molecule has 1 spiro atoms. The predicted octanol–water partition coefficient (Wildman–Crippen LogP) is 1.24. The van der Waals surface area contributed by atoms with Crippen LogP contribution in [0.25, 0.3) is 0 Å².